The van der Waals surface area contributed by atoms with E-state index in [1.165, 1.54) is 6.08 Å². The quantitative estimate of drug-likeness (QED) is 0.358. The van der Waals surface area contributed by atoms with E-state index >= 15 is 0 Å². The Morgan fingerprint density at radius 2 is 1.40 bits per heavy atom. The molecule has 0 saturated heterocycles. The largest absolute Gasteiger partial charge is 0.515 e. The first-order valence-corrected chi connectivity index (χ1v) is 7.35. The van der Waals surface area contributed by atoms with E-state index in [1.54, 1.807) is 18.2 Å². The average molecular weight is 222 g/mol. The SMILES string of the molecule is C=CC[Si](CC=C)(CC=C)OC(=O)C=C. The Bertz CT molecular complexity index is 242. The minimum Gasteiger partial charge on any atom is -0.515 e. The van der Waals surface area contributed by atoms with Crippen LogP contribution in [0.2, 0.25) is 18.1 Å². The van der Waals surface area contributed by atoms with Gasteiger partial charge in [-0.05, 0) is 18.1 Å². The van der Waals surface area contributed by atoms with Crippen LogP contribution in [0.25, 0.3) is 0 Å². The highest BCUT2D eigenvalue weighted by atomic mass is 28.4. The minimum atomic E-state index is -2.15. The van der Waals surface area contributed by atoms with Gasteiger partial charge in [0.05, 0.1) is 0 Å². The van der Waals surface area contributed by atoms with Gasteiger partial charge in [0, 0.05) is 6.08 Å². The maximum atomic E-state index is 11.2. The van der Waals surface area contributed by atoms with E-state index < -0.39 is 8.32 Å². The molecule has 0 aliphatic heterocycles. The predicted octanol–water partition coefficient (Wildman–Crippen LogP) is 3.22. The van der Waals surface area contributed by atoms with Crippen molar-refractivity contribution >= 4 is 14.3 Å². The highest BCUT2D eigenvalue weighted by molar-refractivity contribution is 6.76. The molecule has 0 rings (SSSR count). The van der Waals surface area contributed by atoms with E-state index in [4.69, 9.17) is 4.43 Å². The topological polar surface area (TPSA) is 26.3 Å². The summed E-state index contributed by atoms with van der Waals surface area (Å²) in [5.41, 5.74) is 0. The summed E-state index contributed by atoms with van der Waals surface area (Å²) in [6.45, 7) is 14.5. The first-order chi connectivity index (χ1) is 7.14. The molecule has 3 heteroatoms. The zero-order valence-electron chi connectivity index (χ0n) is 9.08. The molecule has 15 heavy (non-hydrogen) atoms. The molecule has 0 aromatic heterocycles. The molecule has 0 bridgehead atoms. The lowest BCUT2D eigenvalue weighted by Gasteiger charge is -2.27. The van der Waals surface area contributed by atoms with Crippen LogP contribution >= 0.6 is 0 Å². The van der Waals surface area contributed by atoms with Crippen molar-refractivity contribution in [1.82, 2.24) is 0 Å². The number of carbonyl (C=O) groups is 1. The summed E-state index contributed by atoms with van der Waals surface area (Å²) < 4.78 is 5.48. The molecule has 0 atom stereocenters. The lowest BCUT2D eigenvalue weighted by molar-refractivity contribution is -0.129. The van der Waals surface area contributed by atoms with E-state index in [0.717, 1.165) is 0 Å². The Kier molecular flexibility index (Phi) is 6.38. The second kappa shape index (κ2) is 7.01. The normalized spacial score (nSPS) is 10.1. The summed E-state index contributed by atoms with van der Waals surface area (Å²) in [5, 5.41) is 0. The fraction of sp³-hybridized carbons (Fsp3) is 0.250. The van der Waals surface area contributed by atoms with Crippen molar-refractivity contribution in [3.63, 3.8) is 0 Å². The van der Waals surface area contributed by atoms with Crippen LogP contribution in [0.15, 0.2) is 50.6 Å². The summed E-state index contributed by atoms with van der Waals surface area (Å²) in [4.78, 5) is 11.2. The Morgan fingerprint density at radius 3 is 1.67 bits per heavy atom. The molecule has 0 aliphatic carbocycles. The van der Waals surface area contributed by atoms with Crippen LogP contribution < -0.4 is 0 Å². The molecule has 0 aromatic rings. The van der Waals surface area contributed by atoms with Gasteiger partial charge in [0.2, 0.25) is 0 Å². The number of hydrogen-bond donors (Lipinski definition) is 0. The van der Waals surface area contributed by atoms with Gasteiger partial charge in [-0.2, -0.15) is 0 Å². The molecule has 82 valence electrons. The van der Waals surface area contributed by atoms with Crippen molar-refractivity contribution in [3.05, 3.63) is 50.6 Å². The van der Waals surface area contributed by atoms with E-state index in [2.05, 4.69) is 26.3 Å². The zero-order valence-corrected chi connectivity index (χ0v) is 10.1. The summed E-state index contributed by atoms with van der Waals surface area (Å²) in [6.07, 6.45) is 6.55. The standard InChI is InChI=1S/C12H18O2Si/c1-5-9-15(10-6-2,11-7-3)14-12(13)8-4/h5-8H,1-4,9-11H2. The van der Waals surface area contributed by atoms with E-state index in [0.29, 0.717) is 18.1 Å². The van der Waals surface area contributed by atoms with Crippen molar-refractivity contribution in [3.8, 4) is 0 Å². The first-order valence-electron chi connectivity index (χ1n) is 4.82. The summed E-state index contributed by atoms with van der Waals surface area (Å²) >= 11 is 0. The maximum absolute atomic E-state index is 11.2. The van der Waals surface area contributed by atoms with Gasteiger partial charge >= 0.3 is 5.97 Å². The van der Waals surface area contributed by atoms with Crippen LogP contribution in [0.3, 0.4) is 0 Å². The Hall–Kier alpha value is -1.35. The molecule has 0 amide bonds. The summed E-state index contributed by atoms with van der Waals surface area (Å²) in [6, 6.07) is 2.14. The molecule has 0 saturated carbocycles. The summed E-state index contributed by atoms with van der Waals surface area (Å²) in [7, 11) is -2.15. The smallest absolute Gasteiger partial charge is 0.316 e. The van der Waals surface area contributed by atoms with Gasteiger partial charge in [-0.3, -0.25) is 0 Å². The van der Waals surface area contributed by atoms with Crippen molar-refractivity contribution in [2.75, 3.05) is 0 Å². The molecule has 0 aliphatic rings. The van der Waals surface area contributed by atoms with E-state index in [1.807, 2.05) is 0 Å². The third-order valence-corrected chi connectivity index (χ3v) is 5.77. The Labute approximate surface area is 92.8 Å². The Balaban J connectivity index is 4.80. The molecule has 0 radical (unpaired) electrons. The monoisotopic (exact) mass is 222 g/mol. The number of allylic oxidation sites excluding steroid dienone is 3. The van der Waals surface area contributed by atoms with Crippen LogP contribution in [-0.2, 0) is 9.22 Å². The molecule has 0 aromatic carbocycles. The minimum absolute atomic E-state index is 0.368. The van der Waals surface area contributed by atoms with Crippen LogP contribution in [0.5, 0.6) is 0 Å². The van der Waals surface area contributed by atoms with Gasteiger partial charge in [-0.15, -0.1) is 19.7 Å². The van der Waals surface area contributed by atoms with Gasteiger partial charge < -0.3 is 4.43 Å². The fourth-order valence-corrected chi connectivity index (χ4v) is 4.26. The third-order valence-electron chi connectivity index (χ3n) is 2.03. The third kappa shape index (κ3) is 4.60. The Morgan fingerprint density at radius 1 is 1.00 bits per heavy atom. The predicted molar refractivity (Wildman–Crippen MR) is 67.1 cm³/mol. The molecule has 0 N–H and O–H groups in total. The molecular formula is C12H18O2Si. The molecule has 2 nitrogen and oxygen atoms in total. The van der Waals surface area contributed by atoms with Crippen LogP contribution in [0.4, 0.5) is 0 Å². The van der Waals surface area contributed by atoms with Crippen molar-refractivity contribution in [2.24, 2.45) is 0 Å². The highest BCUT2D eigenvalue weighted by Gasteiger charge is 2.34. The fourth-order valence-electron chi connectivity index (χ4n) is 1.42. The van der Waals surface area contributed by atoms with Crippen molar-refractivity contribution in [1.29, 1.82) is 0 Å². The number of carbonyl (C=O) groups excluding carboxylic acids is 1. The second-order valence-corrected chi connectivity index (χ2v) is 7.08. The number of hydrogen-bond acceptors (Lipinski definition) is 2. The maximum Gasteiger partial charge on any atom is 0.316 e. The van der Waals surface area contributed by atoms with Crippen molar-refractivity contribution < 1.29 is 9.22 Å². The van der Waals surface area contributed by atoms with Gasteiger partial charge in [-0.1, -0.05) is 24.8 Å². The summed E-state index contributed by atoms with van der Waals surface area (Å²) in [5.74, 6) is -0.368. The van der Waals surface area contributed by atoms with Gasteiger partial charge in [0.1, 0.15) is 0 Å². The highest BCUT2D eigenvalue weighted by Crippen LogP contribution is 2.24. The van der Waals surface area contributed by atoms with E-state index in [-0.39, 0.29) is 5.97 Å². The van der Waals surface area contributed by atoms with Gasteiger partial charge in [0.25, 0.3) is 8.32 Å². The lowest BCUT2D eigenvalue weighted by Crippen LogP contribution is -2.38. The molecule has 0 heterocycles. The number of rotatable bonds is 8. The lowest BCUT2D eigenvalue weighted by atomic mass is 10.7. The first kappa shape index (κ1) is 13.6. The molecule has 0 unspecified atom stereocenters. The van der Waals surface area contributed by atoms with Gasteiger partial charge in [0.15, 0.2) is 0 Å². The second-order valence-electron chi connectivity index (χ2n) is 3.29. The van der Waals surface area contributed by atoms with Crippen LogP contribution in [0.1, 0.15) is 0 Å². The van der Waals surface area contributed by atoms with E-state index in [9.17, 15) is 4.79 Å². The van der Waals surface area contributed by atoms with Crippen LogP contribution in [0, 0.1) is 0 Å². The molecule has 0 spiro atoms. The van der Waals surface area contributed by atoms with Crippen molar-refractivity contribution in [2.45, 2.75) is 18.1 Å². The zero-order chi connectivity index (χ0) is 11.7. The van der Waals surface area contributed by atoms with Crippen LogP contribution in [-0.4, -0.2) is 14.3 Å². The van der Waals surface area contributed by atoms with Gasteiger partial charge in [-0.25, -0.2) is 4.79 Å². The molecular weight excluding hydrogens is 204 g/mol. The molecule has 0 fully saturated rings. The average Bonchev–Trinajstić information content (AvgIpc) is 2.18.